The Kier molecular flexibility index (Phi) is 9.12. The fraction of sp³-hybridized carbons (Fsp3) is 0.250. The summed E-state index contributed by atoms with van der Waals surface area (Å²) in [7, 11) is -9.19. The summed E-state index contributed by atoms with van der Waals surface area (Å²) in [6.07, 6.45) is 0. The largest absolute Gasteiger partial charge is 0.488 e. The highest BCUT2D eigenvalue weighted by Gasteiger charge is 2.42. The van der Waals surface area contributed by atoms with Gasteiger partial charge in [0, 0.05) is 14.7 Å². The number of rotatable bonds is 8. The van der Waals surface area contributed by atoms with Gasteiger partial charge < -0.3 is 9.47 Å². The highest BCUT2D eigenvalue weighted by Crippen LogP contribution is 2.70. The monoisotopic (exact) mass is 654 g/mol. The van der Waals surface area contributed by atoms with E-state index >= 15 is 0 Å². The van der Waals surface area contributed by atoms with Gasteiger partial charge in [-0.25, -0.2) is 25.6 Å². The molecule has 44 heavy (non-hydrogen) atoms. The van der Waals surface area contributed by atoms with Crippen molar-refractivity contribution in [2.75, 3.05) is 0 Å². The first-order valence-electron chi connectivity index (χ1n) is 13.3. The molecule has 4 aromatic rings. The van der Waals surface area contributed by atoms with Gasteiger partial charge in [-0.3, -0.25) is 0 Å². The Morgan fingerprint density at radius 1 is 0.500 bits per heavy atom. The van der Waals surface area contributed by atoms with Crippen molar-refractivity contribution in [3.63, 3.8) is 0 Å². The summed E-state index contributed by atoms with van der Waals surface area (Å²) >= 11 is 0. The second kappa shape index (κ2) is 12.1. The lowest BCUT2D eigenvalue weighted by Crippen LogP contribution is -2.23. The summed E-state index contributed by atoms with van der Waals surface area (Å²) in [4.78, 5) is -1.40. The fourth-order valence-corrected chi connectivity index (χ4v) is 9.52. The standard InChI is InChI=1S/C32H31F5O5S2/c1-31(2,3)40-20-12-16-23(17-13-20)43(22-10-8-7-9-11-22,24-18-14-21(15-19-24)41-32(4,5)6)42-44(38,39)30-28(36)26(34)25(33)27(35)29(30)37/h7-19H,1-6H3. The first-order valence-corrected chi connectivity index (χ1v) is 16.3. The van der Waals surface area contributed by atoms with E-state index in [0.717, 1.165) is 0 Å². The lowest BCUT2D eigenvalue weighted by Gasteiger charge is -2.39. The van der Waals surface area contributed by atoms with Crippen molar-refractivity contribution < 1.29 is 43.5 Å². The van der Waals surface area contributed by atoms with E-state index in [4.69, 9.17) is 13.1 Å². The molecule has 0 N–H and O–H groups in total. The maximum Gasteiger partial charge on any atom is 0.313 e. The Hall–Kier alpha value is -3.61. The van der Waals surface area contributed by atoms with Crippen molar-refractivity contribution in [1.82, 2.24) is 0 Å². The predicted octanol–water partition coefficient (Wildman–Crippen LogP) is 9.34. The van der Waals surface area contributed by atoms with Crippen LogP contribution in [0.3, 0.4) is 0 Å². The summed E-state index contributed by atoms with van der Waals surface area (Å²) < 4.78 is 117. The maximum atomic E-state index is 14.9. The summed E-state index contributed by atoms with van der Waals surface area (Å²) in [5.41, 5.74) is -1.14. The highest BCUT2D eigenvalue weighted by molar-refractivity contribution is 8.33. The lowest BCUT2D eigenvalue weighted by atomic mass is 10.2. The van der Waals surface area contributed by atoms with Gasteiger partial charge in [-0.15, -0.1) is 0 Å². The quantitative estimate of drug-likeness (QED) is 0.108. The van der Waals surface area contributed by atoms with Gasteiger partial charge in [0.05, 0.1) is 0 Å². The Bertz CT molecular complexity index is 1660. The predicted molar refractivity (Wildman–Crippen MR) is 157 cm³/mol. The first kappa shape index (κ1) is 33.3. The smallest absolute Gasteiger partial charge is 0.313 e. The molecule has 4 rings (SSSR count). The molecule has 0 aliphatic carbocycles. The number of benzene rings is 4. The van der Waals surface area contributed by atoms with Crippen LogP contribution in [0.5, 0.6) is 11.5 Å². The number of ether oxygens (including phenoxy) is 2. The second-order valence-electron chi connectivity index (χ2n) is 11.7. The summed E-state index contributed by atoms with van der Waals surface area (Å²) in [5, 5.41) is 0. The molecule has 0 aromatic heterocycles. The molecule has 5 nitrogen and oxygen atoms in total. The van der Waals surface area contributed by atoms with Crippen LogP contribution in [-0.4, -0.2) is 19.6 Å². The molecule has 0 bridgehead atoms. The van der Waals surface area contributed by atoms with Crippen LogP contribution in [0.1, 0.15) is 41.5 Å². The van der Waals surface area contributed by atoms with Crippen LogP contribution in [0, 0.1) is 29.1 Å². The summed E-state index contributed by atoms with van der Waals surface area (Å²) in [6.45, 7) is 11.0. The van der Waals surface area contributed by atoms with Gasteiger partial charge in [0.25, 0.3) is 0 Å². The topological polar surface area (TPSA) is 61.8 Å². The van der Waals surface area contributed by atoms with Crippen molar-refractivity contribution in [2.24, 2.45) is 0 Å². The zero-order valence-corrected chi connectivity index (χ0v) is 26.4. The molecule has 0 saturated heterocycles. The van der Waals surface area contributed by atoms with E-state index in [-0.39, 0.29) is 14.7 Å². The van der Waals surface area contributed by atoms with E-state index in [1.807, 2.05) is 41.5 Å². The van der Waals surface area contributed by atoms with Crippen molar-refractivity contribution in [3.05, 3.63) is 108 Å². The molecular weight excluding hydrogens is 623 g/mol. The molecule has 12 heteroatoms. The zero-order valence-electron chi connectivity index (χ0n) is 24.8. The van der Waals surface area contributed by atoms with Crippen molar-refractivity contribution >= 4 is 20.4 Å². The van der Waals surface area contributed by atoms with Crippen LogP contribution in [0.2, 0.25) is 0 Å². The van der Waals surface area contributed by atoms with E-state index in [2.05, 4.69) is 0 Å². The molecular formula is C32H31F5O5S2. The summed E-state index contributed by atoms with van der Waals surface area (Å²) in [5.74, 6) is -11.5. The minimum atomic E-state index is -5.69. The Labute approximate surface area is 255 Å². The fourth-order valence-electron chi connectivity index (χ4n) is 4.22. The number of hydrogen-bond donors (Lipinski definition) is 0. The molecule has 4 aromatic carbocycles. The third-order valence-electron chi connectivity index (χ3n) is 5.85. The van der Waals surface area contributed by atoms with E-state index in [9.17, 15) is 30.4 Å². The van der Waals surface area contributed by atoms with Crippen LogP contribution in [0.15, 0.2) is 98.4 Å². The van der Waals surface area contributed by atoms with Crippen LogP contribution in [0.25, 0.3) is 0 Å². The molecule has 0 spiro atoms. The molecule has 0 fully saturated rings. The minimum absolute atomic E-state index is 0.224. The van der Waals surface area contributed by atoms with E-state index in [1.165, 1.54) is 24.3 Å². The maximum absolute atomic E-state index is 14.9. The van der Waals surface area contributed by atoms with Crippen LogP contribution in [-0.2, 0) is 13.7 Å². The van der Waals surface area contributed by atoms with Crippen LogP contribution >= 0.6 is 10.3 Å². The molecule has 0 radical (unpaired) electrons. The molecule has 0 aliphatic heterocycles. The molecule has 0 amide bonds. The average molecular weight is 655 g/mol. The summed E-state index contributed by atoms with van der Waals surface area (Å²) in [6, 6.07) is 20.3. The van der Waals surface area contributed by atoms with Gasteiger partial charge in [-0.1, -0.05) is 18.2 Å². The van der Waals surface area contributed by atoms with E-state index < -0.39 is 65.6 Å². The van der Waals surface area contributed by atoms with Gasteiger partial charge in [-0.05, 0) is 113 Å². The number of hydrogen-bond acceptors (Lipinski definition) is 5. The third kappa shape index (κ3) is 6.87. The molecule has 0 atom stereocenters. The van der Waals surface area contributed by atoms with Gasteiger partial charge in [0.1, 0.15) is 22.7 Å². The van der Waals surface area contributed by atoms with Gasteiger partial charge in [0.2, 0.25) is 5.82 Å². The SMILES string of the molecule is CC(C)(C)Oc1ccc(S(OS(=O)(=O)c2c(F)c(F)c(F)c(F)c2F)(c2ccccc2)c2ccc(OC(C)(C)C)cc2)cc1. The Balaban J connectivity index is 2.03. The Morgan fingerprint density at radius 2 is 0.841 bits per heavy atom. The van der Waals surface area contributed by atoms with Crippen molar-refractivity contribution in [1.29, 1.82) is 0 Å². The first-order chi connectivity index (χ1) is 20.4. The van der Waals surface area contributed by atoms with Crippen molar-refractivity contribution in [3.8, 4) is 11.5 Å². The lowest BCUT2D eigenvalue weighted by molar-refractivity contribution is 0.130. The van der Waals surface area contributed by atoms with Crippen molar-refractivity contribution in [2.45, 2.75) is 72.3 Å². The normalized spacial score (nSPS) is 13.1. The number of halogens is 5. The second-order valence-corrected chi connectivity index (χ2v) is 16.0. The van der Waals surface area contributed by atoms with Gasteiger partial charge >= 0.3 is 10.1 Å². The molecule has 236 valence electrons. The average Bonchev–Trinajstić information content (AvgIpc) is 2.93. The highest BCUT2D eigenvalue weighted by atomic mass is 32.3. The molecule has 0 aliphatic rings. The minimum Gasteiger partial charge on any atom is -0.488 e. The van der Waals surface area contributed by atoms with Gasteiger partial charge in [0.15, 0.2) is 28.2 Å². The third-order valence-corrected chi connectivity index (χ3v) is 11.0. The molecule has 0 heterocycles. The molecule has 0 unspecified atom stereocenters. The van der Waals surface area contributed by atoms with Crippen LogP contribution in [0.4, 0.5) is 22.0 Å². The van der Waals surface area contributed by atoms with Crippen LogP contribution < -0.4 is 9.47 Å². The Morgan fingerprint density at radius 3 is 1.20 bits per heavy atom. The zero-order chi connectivity index (χ0) is 32.7. The van der Waals surface area contributed by atoms with E-state index in [1.54, 1.807) is 54.6 Å². The van der Waals surface area contributed by atoms with Gasteiger partial charge in [-0.2, -0.15) is 8.42 Å². The molecule has 0 saturated carbocycles. The van der Waals surface area contributed by atoms with E-state index in [0.29, 0.717) is 11.5 Å².